The van der Waals surface area contributed by atoms with Crippen LogP contribution in [0.15, 0.2) is 24.3 Å². The second-order valence-electron chi connectivity index (χ2n) is 3.26. The maximum absolute atomic E-state index is 13.2. The highest BCUT2D eigenvalue weighted by Gasteiger charge is 2.52. The molecule has 0 aromatic heterocycles. The third kappa shape index (κ3) is 1.66. The highest BCUT2D eigenvalue weighted by Crippen LogP contribution is 2.43. The van der Waals surface area contributed by atoms with Gasteiger partial charge in [-0.2, -0.15) is 8.78 Å². The average molecular weight is 212 g/mol. The summed E-state index contributed by atoms with van der Waals surface area (Å²) in [6.07, 6.45) is 0. The molecule has 0 bridgehead atoms. The summed E-state index contributed by atoms with van der Waals surface area (Å²) in [6, 6.07) is 6.31. The SMILES string of the molecule is CC.CC1c2ccccc2C(=O)C1(F)F. The van der Waals surface area contributed by atoms with E-state index >= 15 is 0 Å². The zero-order valence-corrected chi connectivity index (χ0v) is 9.05. The number of ketones is 1. The van der Waals surface area contributed by atoms with E-state index < -0.39 is 17.6 Å². The van der Waals surface area contributed by atoms with Crippen molar-refractivity contribution in [1.82, 2.24) is 0 Å². The molecule has 15 heavy (non-hydrogen) atoms. The summed E-state index contributed by atoms with van der Waals surface area (Å²) < 4.78 is 26.3. The van der Waals surface area contributed by atoms with Crippen LogP contribution in [-0.2, 0) is 0 Å². The molecule has 0 fully saturated rings. The number of hydrogen-bond donors (Lipinski definition) is 0. The van der Waals surface area contributed by atoms with Crippen LogP contribution in [0, 0.1) is 0 Å². The molecule has 1 aliphatic carbocycles. The first kappa shape index (κ1) is 11.8. The van der Waals surface area contributed by atoms with Crippen molar-refractivity contribution in [2.75, 3.05) is 0 Å². The van der Waals surface area contributed by atoms with Crippen molar-refractivity contribution >= 4 is 5.78 Å². The van der Waals surface area contributed by atoms with Crippen LogP contribution in [-0.4, -0.2) is 11.7 Å². The van der Waals surface area contributed by atoms with Gasteiger partial charge in [-0.3, -0.25) is 4.79 Å². The lowest BCUT2D eigenvalue weighted by molar-refractivity contribution is 0.00260. The Morgan fingerprint density at radius 2 is 1.73 bits per heavy atom. The molecule has 0 amide bonds. The van der Waals surface area contributed by atoms with Gasteiger partial charge in [0.05, 0.1) is 5.92 Å². The van der Waals surface area contributed by atoms with Crippen LogP contribution in [0.5, 0.6) is 0 Å². The zero-order chi connectivity index (χ0) is 11.6. The minimum Gasteiger partial charge on any atom is -0.287 e. The Labute approximate surface area is 88.1 Å². The first-order valence-electron chi connectivity index (χ1n) is 5.06. The van der Waals surface area contributed by atoms with E-state index in [9.17, 15) is 13.6 Å². The number of halogens is 2. The molecule has 0 spiro atoms. The summed E-state index contributed by atoms with van der Waals surface area (Å²) in [7, 11) is 0. The number of benzene rings is 1. The minimum atomic E-state index is -3.22. The van der Waals surface area contributed by atoms with E-state index in [1.807, 2.05) is 13.8 Å². The maximum atomic E-state index is 13.2. The highest BCUT2D eigenvalue weighted by molar-refractivity contribution is 6.06. The molecule has 1 nitrogen and oxygen atoms in total. The molecule has 0 N–H and O–H groups in total. The lowest BCUT2D eigenvalue weighted by Crippen LogP contribution is -2.26. The quantitative estimate of drug-likeness (QED) is 0.641. The number of alkyl halides is 2. The fourth-order valence-electron chi connectivity index (χ4n) is 1.65. The number of carbonyl (C=O) groups is 1. The Morgan fingerprint density at radius 1 is 1.20 bits per heavy atom. The standard InChI is InChI=1S/C10H8F2O.C2H6/c1-6-7-4-2-3-5-8(7)9(13)10(6,11)12;1-2/h2-6H,1H3;1-2H3. The second-order valence-corrected chi connectivity index (χ2v) is 3.26. The van der Waals surface area contributed by atoms with Crippen LogP contribution < -0.4 is 0 Å². The predicted octanol–water partition coefficient (Wildman–Crippen LogP) is 3.65. The van der Waals surface area contributed by atoms with Crippen molar-refractivity contribution in [3.63, 3.8) is 0 Å². The Bertz CT molecular complexity index is 372. The van der Waals surface area contributed by atoms with E-state index in [0.29, 0.717) is 5.56 Å². The van der Waals surface area contributed by atoms with E-state index in [1.54, 1.807) is 18.2 Å². The Balaban J connectivity index is 0.000000531. The Kier molecular flexibility index (Phi) is 3.22. The number of Topliss-reactive ketones (excluding diaryl/α,β-unsaturated/α-hetero) is 1. The van der Waals surface area contributed by atoms with Gasteiger partial charge in [-0.15, -0.1) is 0 Å². The Morgan fingerprint density at radius 3 is 2.27 bits per heavy atom. The van der Waals surface area contributed by atoms with Gasteiger partial charge < -0.3 is 0 Å². The van der Waals surface area contributed by atoms with Crippen molar-refractivity contribution in [1.29, 1.82) is 0 Å². The van der Waals surface area contributed by atoms with E-state index in [2.05, 4.69) is 0 Å². The van der Waals surface area contributed by atoms with Gasteiger partial charge in [-0.1, -0.05) is 45.0 Å². The van der Waals surface area contributed by atoms with Crippen LogP contribution in [0.3, 0.4) is 0 Å². The highest BCUT2D eigenvalue weighted by atomic mass is 19.3. The molecule has 1 aromatic carbocycles. The normalized spacial score (nSPS) is 21.7. The van der Waals surface area contributed by atoms with Gasteiger partial charge in [0.15, 0.2) is 0 Å². The van der Waals surface area contributed by atoms with Crippen molar-refractivity contribution in [3.8, 4) is 0 Å². The summed E-state index contributed by atoms with van der Waals surface area (Å²) in [5.41, 5.74) is 0.623. The molecule has 0 radical (unpaired) electrons. The summed E-state index contributed by atoms with van der Waals surface area (Å²) in [5.74, 6) is -5.25. The van der Waals surface area contributed by atoms with E-state index in [1.165, 1.54) is 13.0 Å². The topological polar surface area (TPSA) is 17.1 Å². The zero-order valence-electron chi connectivity index (χ0n) is 9.05. The maximum Gasteiger partial charge on any atom is 0.316 e. The van der Waals surface area contributed by atoms with E-state index in [0.717, 1.165) is 0 Å². The van der Waals surface area contributed by atoms with Crippen molar-refractivity contribution in [3.05, 3.63) is 35.4 Å². The van der Waals surface area contributed by atoms with Gasteiger partial charge in [0, 0.05) is 5.56 Å². The molecule has 1 atom stereocenters. The van der Waals surface area contributed by atoms with Gasteiger partial charge in [-0.25, -0.2) is 0 Å². The fourth-order valence-corrected chi connectivity index (χ4v) is 1.65. The molecule has 0 aliphatic heterocycles. The number of rotatable bonds is 0. The second kappa shape index (κ2) is 4.09. The molecule has 0 saturated heterocycles. The summed E-state index contributed by atoms with van der Waals surface area (Å²) >= 11 is 0. The first-order valence-corrected chi connectivity index (χ1v) is 5.06. The monoisotopic (exact) mass is 212 g/mol. The van der Waals surface area contributed by atoms with Crippen molar-refractivity contribution < 1.29 is 13.6 Å². The van der Waals surface area contributed by atoms with Crippen molar-refractivity contribution in [2.24, 2.45) is 0 Å². The van der Waals surface area contributed by atoms with E-state index in [4.69, 9.17) is 0 Å². The molecule has 82 valence electrons. The molecular formula is C12H14F2O. The fraction of sp³-hybridized carbons (Fsp3) is 0.417. The van der Waals surface area contributed by atoms with Crippen molar-refractivity contribution in [2.45, 2.75) is 32.6 Å². The van der Waals surface area contributed by atoms with Gasteiger partial charge in [0.25, 0.3) is 0 Å². The van der Waals surface area contributed by atoms with Gasteiger partial charge in [-0.05, 0) is 5.56 Å². The molecule has 0 saturated carbocycles. The lowest BCUT2D eigenvalue weighted by Gasteiger charge is -2.12. The smallest absolute Gasteiger partial charge is 0.287 e. The lowest BCUT2D eigenvalue weighted by atomic mass is 10.0. The van der Waals surface area contributed by atoms with Gasteiger partial charge in [0.2, 0.25) is 5.78 Å². The van der Waals surface area contributed by atoms with Gasteiger partial charge in [0.1, 0.15) is 0 Å². The van der Waals surface area contributed by atoms with Gasteiger partial charge >= 0.3 is 5.92 Å². The summed E-state index contributed by atoms with van der Waals surface area (Å²) in [4.78, 5) is 11.2. The van der Waals surface area contributed by atoms with Crippen LogP contribution in [0.2, 0.25) is 0 Å². The number of hydrogen-bond acceptors (Lipinski definition) is 1. The van der Waals surface area contributed by atoms with Crippen LogP contribution in [0.1, 0.15) is 42.6 Å². The van der Waals surface area contributed by atoms with Crippen LogP contribution >= 0.6 is 0 Å². The van der Waals surface area contributed by atoms with Crippen LogP contribution in [0.25, 0.3) is 0 Å². The summed E-state index contributed by atoms with van der Waals surface area (Å²) in [5, 5.41) is 0. The predicted molar refractivity (Wildman–Crippen MR) is 55.5 cm³/mol. The van der Waals surface area contributed by atoms with E-state index in [-0.39, 0.29) is 5.56 Å². The minimum absolute atomic E-state index is 0.167. The third-order valence-corrected chi connectivity index (χ3v) is 2.52. The molecule has 3 heteroatoms. The number of carbonyl (C=O) groups excluding carboxylic acids is 1. The third-order valence-electron chi connectivity index (χ3n) is 2.52. The average Bonchev–Trinajstić information content (AvgIpc) is 2.45. The number of fused-ring (bicyclic) bond motifs is 1. The molecular weight excluding hydrogens is 198 g/mol. The van der Waals surface area contributed by atoms with Crippen LogP contribution in [0.4, 0.5) is 8.78 Å². The molecule has 0 heterocycles. The molecule has 1 aromatic rings. The summed E-state index contributed by atoms with van der Waals surface area (Å²) in [6.45, 7) is 5.38. The Hall–Kier alpha value is -1.25. The molecule has 2 rings (SSSR count). The first-order chi connectivity index (χ1) is 7.05. The largest absolute Gasteiger partial charge is 0.316 e. The molecule has 1 unspecified atom stereocenters. The molecule has 1 aliphatic rings.